The predicted octanol–water partition coefficient (Wildman–Crippen LogP) is 6.22. The minimum atomic E-state index is -0.990. The lowest BCUT2D eigenvalue weighted by atomic mass is 9.78. The number of hydrogen-bond acceptors (Lipinski definition) is 3. The van der Waals surface area contributed by atoms with E-state index in [0.717, 1.165) is 33.4 Å². The molecule has 3 rings (SSSR count). The first kappa shape index (κ1) is 20.2. The molecule has 0 N–H and O–H groups in total. The number of aryl methyl sites for hydroxylation is 4. The summed E-state index contributed by atoms with van der Waals surface area (Å²) >= 11 is 5.92. The van der Waals surface area contributed by atoms with Crippen molar-refractivity contribution >= 4 is 17.3 Å². The maximum Gasteiger partial charge on any atom is 0.208 e. The smallest absolute Gasteiger partial charge is 0.208 e. The second kappa shape index (κ2) is 8.26. The molecule has 0 radical (unpaired) electrons. The molecule has 0 aliphatic heterocycles. The number of thiocarbonyl (C=S) groups is 1. The molecule has 3 heteroatoms. The highest BCUT2D eigenvalue weighted by atomic mass is 32.1. The first-order valence-corrected chi connectivity index (χ1v) is 9.78. The highest BCUT2D eigenvalue weighted by molar-refractivity contribution is 7.80. The Kier molecular flexibility index (Phi) is 5.97. The number of hydrogen-bond donors (Lipinski definition) is 0. The summed E-state index contributed by atoms with van der Waals surface area (Å²) < 4.78 is 12.5. The second-order valence-electron chi connectivity index (χ2n) is 7.12. The zero-order valence-corrected chi connectivity index (χ0v) is 17.9. The molecule has 144 valence electrons. The Bertz CT molecular complexity index is 901. The van der Waals surface area contributed by atoms with Gasteiger partial charge < -0.3 is 9.47 Å². The van der Waals surface area contributed by atoms with Gasteiger partial charge in [0.15, 0.2) is 5.60 Å². The molecule has 0 unspecified atom stereocenters. The fourth-order valence-electron chi connectivity index (χ4n) is 4.02. The monoisotopic (exact) mass is 390 g/mol. The van der Waals surface area contributed by atoms with Crippen LogP contribution in [0.15, 0.2) is 66.7 Å². The van der Waals surface area contributed by atoms with Crippen LogP contribution < -0.4 is 4.74 Å². The van der Waals surface area contributed by atoms with Crippen molar-refractivity contribution in [3.8, 4) is 5.75 Å². The Morgan fingerprint density at radius 1 is 0.679 bits per heavy atom. The minimum absolute atomic E-state index is 0.385. The molecule has 0 aliphatic carbocycles. The lowest BCUT2D eigenvalue weighted by molar-refractivity contribution is 0.0706. The van der Waals surface area contributed by atoms with E-state index in [0.29, 0.717) is 10.8 Å². The Balaban J connectivity index is 2.31. The lowest BCUT2D eigenvalue weighted by Crippen LogP contribution is -2.43. The summed E-state index contributed by atoms with van der Waals surface area (Å²) in [6.45, 7) is 8.37. The third kappa shape index (κ3) is 3.48. The Morgan fingerprint density at radius 2 is 1.11 bits per heavy atom. The van der Waals surface area contributed by atoms with E-state index in [1.165, 1.54) is 0 Å². The van der Waals surface area contributed by atoms with E-state index in [1.807, 2.05) is 30.3 Å². The summed E-state index contributed by atoms with van der Waals surface area (Å²) in [5, 5.41) is 0.385. The molecule has 0 aliphatic rings. The molecule has 28 heavy (non-hydrogen) atoms. The fraction of sp³-hybridized carbons (Fsp3) is 0.240. The van der Waals surface area contributed by atoms with Crippen LogP contribution in [-0.4, -0.2) is 12.2 Å². The van der Waals surface area contributed by atoms with Gasteiger partial charge in [0.25, 0.3) is 0 Å². The summed E-state index contributed by atoms with van der Waals surface area (Å²) in [6.07, 6.45) is 0. The van der Waals surface area contributed by atoms with Crippen molar-refractivity contribution in [2.45, 2.75) is 33.3 Å². The van der Waals surface area contributed by atoms with Gasteiger partial charge in [-0.3, -0.25) is 0 Å². The summed E-state index contributed by atoms with van der Waals surface area (Å²) in [5.74, 6) is 0.700. The van der Waals surface area contributed by atoms with E-state index in [9.17, 15) is 0 Å². The van der Waals surface area contributed by atoms with Crippen LogP contribution in [0.3, 0.4) is 0 Å². The van der Waals surface area contributed by atoms with Crippen molar-refractivity contribution in [3.05, 3.63) is 100 Å². The van der Waals surface area contributed by atoms with Crippen molar-refractivity contribution in [2.24, 2.45) is 0 Å². The third-order valence-corrected chi connectivity index (χ3v) is 5.58. The van der Waals surface area contributed by atoms with Crippen LogP contribution >= 0.6 is 12.2 Å². The number of benzene rings is 3. The van der Waals surface area contributed by atoms with Crippen LogP contribution in [0, 0.1) is 27.7 Å². The number of methoxy groups -OCH3 is 1. The van der Waals surface area contributed by atoms with Crippen molar-refractivity contribution in [1.82, 2.24) is 0 Å². The molecule has 0 amide bonds. The molecule has 0 bridgehead atoms. The molecule has 0 aromatic heterocycles. The van der Waals surface area contributed by atoms with E-state index >= 15 is 0 Å². The Labute approximate surface area is 173 Å². The third-order valence-electron chi connectivity index (χ3n) is 5.21. The molecule has 0 saturated heterocycles. The van der Waals surface area contributed by atoms with Crippen LogP contribution in [0.2, 0.25) is 0 Å². The summed E-state index contributed by atoms with van der Waals surface area (Å²) in [7, 11) is 1.71. The van der Waals surface area contributed by atoms with Crippen LogP contribution in [0.5, 0.6) is 5.75 Å². The summed E-state index contributed by atoms with van der Waals surface area (Å²) in [4.78, 5) is 0. The first-order chi connectivity index (χ1) is 13.4. The molecular formula is C25H26O2S. The molecule has 0 spiro atoms. The Morgan fingerprint density at radius 3 is 1.50 bits per heavy atom. The van der Waals surface area contributed by atoms with Crippen molar-refractivity contribution in [3.63, 3.8) is 0 Å². The van der Waals surface area contributed by atoms with Gasteiger partial charge in [-0.2, -0.15) is 0 Å². The highest BCUT2D eigenvalue weighted by Crippen LogP contribution is 2.42. The van der Waals surface area contributed by atoms with E-state index in [1.54, 1.807) is 7.11 Å². The SMILES string of the molecule is COC(C(=S)Oc1ccccc1)(c1c(C)cccc1C)c1c(C)cccc1C. The largest absolute Gasteiger partial charge is 0.446 e. The zero-order valence-electron chi connectivity index (χ0n) is 17.1. The van der Waals surface area contributed by atoms with E-state index in [2.05, 4.69) is 64.1 Å². The molecule has 3 aromatic rings. The second-order valence-corrected chi connectivity index (χ2v) is 7.49. The van der Waals surface area contributed by atoms with E-state index < -0.39 is 5.60 Å². The van der Waals surface area contributed by atoms with Crippen LogP contribution in [0.4, 0.5) is 0 Å². The van der Waals surface area contributed by atoms with Gasteiger partial charge in [-0.05, 0) is 74.3 Å². The topological polar surface area (TPSA) is 18.5 Å². The molecular weight excluding hydrogens is 364 g/mol. The molecule has 3 aromatic carbocycles. The van der Waals surface area contributed by atoms with Gasteiger partial charge in [0.1, 0.15) is 5.75 Å². The van der Waals surface area contributed by atoms with Crippen LogP contribution in [0.1, 0.15) is 33.4 Å². The predicted molar refractivity (Wildman–Crippen MR) is 119 cm³/mol. The Hall–Kier alpha value is -2.49. The average molecular weight is 391 g/mol. The number of rotatable bonds is 5. The van der Waals surface area contributed by atoms with Gasteiger partial charge in [0, 0.05) is 18.2 Å². The highest BCUT2D eigenvalue weighted by Gasteiger charge is 2.45. The van der Waals surface area contributed by atoms with Crippen molar-refractivity contribution < 1.29 is 9.47 Å². The quantitative estimate of drug-likeness (QED) is 0.482. The van der Waals surface area contributed by atoms with Crippen molar-refractivity contribution in [1.29, 1.82) is 0 Å². The van der Waals surface area contributed by atoms with Crippen molar-refractivity contribution in [2.75, 3.05) is 7.11 Å². The molecule has 2 nitrogen and oxygen atoms in total. The van der Waals surface area contributed by atoms with Gasteiger partial charge in [0.05, 0.1) is 0 Å². The molecule has 0 atom stereocenters. The number of para-hydroxylation sites is 1. The fourth-order valence-corrected chi connectivity index (χ4v) is 4.41. The zero-order chi connectivity index (χ0) is 20.3. The maximum absolute atomic E-state index is 6.30. The molecule has 0 saturated carbocycles. The summed E-state index contributed by atoms with van der Waals surface area (Å²) in [5.41, 5.74) is 5.54. The first-order valence-electron chi connectivity index (χ1n) is 9.37. The maximum atomic E-state index is 6.30. The number of ether oxygens (including phenoxy) is 2. The molecule has 0 fully saturated rings. The summed E-state index contributed by atoms with van der Waals surface area (Å²) in [6, 6.07) is 22.1. The average Bonchev–Trinajstić information content (AvgIpc) is 2.67. The van der Waals surface area contributed by atoms with E-state index in [-0.39, 0.29) is 0 Å². The molecule has 0 heterocycles. The minimum Gasteiger partial charge on any atom is -0.446 e. The van der Waals surface area contributed by atoms with Gasteiger partial charge in [-0.15, -0.1) is 0 Å². The van der Waals surface area contributed by atoms with Crippen LogP contribution in [-0.2, 0) is 10.3 Å². The van der Waals surface area contributed by atoms with Gasteiger partial charge in [0.2, 0.25) is 5.05 Å². The lowest BCUT2D eigenvalue weighted by Gasteiger charge is -2.37. The van der Waals surface area contributed by atoms with Gasteiger partial charge in [-0.1, -0.05) is 54.6 Å². The van der Waals surface area contributed by atoms with Gasteiger partial charge >= 0.3 is 0 Å². The standard InChI is InChI=1S/C25H26O2S/c1-17-11-9-12-18(2)22(17)25(26-5,23-19(3)13-10-14-20(23)4)24(28)27-21-15-7-6-8-16-21/h6-16H,1-5H3. The normalized spacial score (nSPS) is 11.3. The van der Waals surface area contributed by atoms with Gasteiger partial charge in [-0.25, -0.2) is 0 Å². The van der Waals surface area contributed by atoms with Crippen LogP contribution in [0.25, 0.3) is 0 Å². The van der Waals surface area contributed by atoms with E-state index in [4.69, 9.17) is 21.7 Å².